The molecule has 1 fully saturated rings. The molecular weight excluding hydrogens is 341 g/mol. The van der Waals surface area contributed by atoms with Gasteiger partial charge in [0.1, 0.15) is 11.6 Å². The maximum atomic E-state index is 12.6. The van der Waals surface area contributed by atoms with E-state index in [0.717, 1.165) is 12.3 Å². The normalized spacial score (nSPS) is 17.7. The number of H-pyrrole nitrogens is 2. The number of carbonyl (C=O) groups is 1. The Hall–Kier alpha value is -2.85. The van der Waals surface area contributed by atoms with Crippen molar-refractivity contribution in [3.05, 3.63) is 40.2 Å². The maximum absolute atomic E-state index is 12.6. The average molecular weight is 356 g/mol. The Bertz CT molecular complexity index is 798. The fraction of sp³-hybridized carbons (Fsp3) is 0.429. The molecule has 11 heteroatoms. The Morgan fingerprint density at radius 1 is 1.40 bits per heavy atom. The fourth-order valence-electron chi connectivity index (χ4n) is 2.63. The van der Waals surface area contributed by atoms with Crippen molar-refractivity contribution in [2.75, 3.05) is 18.0 Å². The number of pyridine rings is 1. The summed E-state index contributed by atoms with van der Waals surface area (Å²) in [4.78, 5) is 31.1. The van der Waals surface area contributed by atoms with Gasteiger partial charge in [-0.15, -0.1) is 0 Å². The lowest BCUT2D eigenvalue weighted by Crippen LogP contribution is -2.33. The van der Waals surface area contributed by atoms with Crippen LogP contribution in [-0.4, -0.2) is 39.2 Å². The first kappa shape index (κ1) is 17.0. The van der Waals surface area contributed by atoms with Gasteiger partial charge < -0.3 is 10.2 Å². The van der Waals surface area contributed by atoms with Crippen LogP contribution in [-0.2, 0) is 17.5 Å². The zero-order valence-corrected chi connectivity index (χ0v) is 12.9. The van der Waals surface area contributed by atoms with Gasteiger partial charge >= 0.3 is 11.9 Å². The highest BCUT2D eigenvalue weighted by atomic mass is 19.4. The average Bonchev–Trinajstić information content (AvgIpc) is 3.21. The summed E-state index contributed by atoms with van der Waals surface area (Å²) in [5.41, 5.74) is -1.26. The van der Waals surface area contributed by atoms with Gasteiger partial charge in [0, 0.05) is 19.3 Å². The lowest BCUT2D eigenvalue weighted by atomic mass is 10.1. The predicted molar refractivity (Wildman–Crippen MR) is 80.6 cm³/mol. The number of alkyl halides is 3. The molecule has 1 aliphatic heterocycles. The van der Waals surface area contributed by atoms with Crippen molar-refractivity contribution in [2.45, 2.75) is 19.1 Å². The molecule has 1 amide bonds. The second-order valence-electron chi connectivity index (χ2n) is 5.68. The molecule has 3 rings (SSSR count). The number of nitrogens with one attached hydrogen (secondary N) is 3. The summed E-state index contributed by atoms with van der Waals surface area (Å²) in [7, 11) is 0. The molecule has 8 nitrogen and oxygen atoms in total. The summed E-state index contributed by atoms with van der Waals surface area (Å²) in [6.07, 6.45) is -3.07. The van der Waals surface area contributed by atoms with Crippen LogP contribution < -0.4 is 15.9 Å². The number of rotatable bonds is 4. The number of hydrogen-bond donors (Lipinski definition) is 3. The van der Waals surface area contributed by atoms with Crippen molar-refractivity contribution in [2.24, 2.45) is 5.92 Å². The standard InChI is InChI=1S/C14H15F3N6O2/c15-14(16,17)9-1-2-11(18-5-9)23-4-3-8(7-23)12(24)19-6-10-20-13(25)22-21-10/h1-2,5,8H,3-4,6-7H2,(H,19,24)(H2,20,21,22,25). The number of nitrogens with zero attached hydrogens (tertiary/aromatic N) is 3. The Labute approximate surface area is 139 Å². The minimum absolute atomic E-state index is 0.0899. The van der Waals surface area contributed by atoms with Crippen molar-refractivity contribution >= 4 is 11.7 Å². The van der Waals surface area contributed by atoms with Crippen LogP contribution in [0.2, 0.25) is 0 Å². The summed E-state index contributed by atoms with van der Waals surface area (Å²) in [6, 6.07) is 2.28. The fourth-order valence-corrected chi connectivity index (χ4v) is 2.63. The Balaban J connectivity index is 1.55. The van der Waals surface area contributed by atoms with Crippen molar-refractivity contribution in [3.8, 4) is 0 Å². The summed E-state index contributed by atoms with van der Waals surface area (Å²) in [5, 5.41) is 8.55. The van der Waals surface area contributed by atoms with Gasteiger partial charge in [-0.25, -0.2) is 14.9 Å². The molecule has 134 valence electrons. The first-order valence-electron chi connectivity index (χ1n) is 7.52. The molecule has 0 bridgehead atoms. The van der Waals surface area contributed by atoms with Gasteiger partial charge in [-0.05, 0) is 18.6 Å². The smallest absolute Gasteiger partial charge is 0.356 e. The molecule has 1 atom stereocenters. The summed E-state index contributed by atoms with van der Waals surface area (Å²) < 4.78 is 37.7. The van der Waals surface area contributed by atoms with Crippen LogP contribution in [0.1, 0.15) is 17.8 Å². The topological polar surface area (TPSA) is 107 Å². The molecule has 2 aromatic rings. The molecule has 0 saturated carbocycles. The number of carbonyl (C=O) groups excluding carboxylic acids is 1. The predicted octanol–water partition coefficient (Wildman–Crippen LogP) is 0.654. The zero-order valence-electron chi connectivity index (χ0n) is 12.9. The van der Waals surface area contributed by atoms with Crippen molar-refractivity contribution < 1.29 is 18.0 Å². The van der Waals surface area contributed by atoms with Crippen molar-refractivity contribution in [1.29, 1.82) is 0 Å². The van der Waals surface area contributed by atoms with E-state index in [1.165, 1.54) is 6.07 Å². The van der Waals surface area contributed by atoms with Gasteiger partial charge in [-0.2, -0.15) is 18.3 Å². The largest absolute Gasteiger partial charge is 0.417 e. The van der Waals surface area contributed by atoms with E-state index in [9.17, 15) is 22.8 Å². The van der Waals surface area contributed by atoms with Gasteiger partial charge in [-0.1, -0.05) is 0 Å². The Kier molecular flexibility index (Phi) is 4.47. The number of aromatic amines is 2. The van der Waals surface area contributed by atoms with Crippen LogP contribution in [0.15, 0.2) is 23.1 Å². The number of amides is 1. The van der Waals surface area contributed by atoms with Crippen molar-refractivity contribution in [1.82, 2.24) is 25.5 Å². The molecule has 1 saturated heterocycles. The number of aromatic nitrogens is 4. The highest BCUT2D eigenvalue weighted by Crippen LogP contribution is 2.30. The molecule has 2 aromatic heterocycles. The third kappa shape index (κ3) is 3.98. The minimum Gasteiger partial charge on any atom is -0.356 e. The molecule has 1 aliphatic rings. The minimum atomic E-state index is -4.42. The molecule has 25 heavy (non-hydrogen) atoms. The van der Waals surface area contributed by atoms with E-state index in [1.54, 1.807) is 4.90 Å². The van der Waals surface area contributed by atoms with Crippen LogP contribution in [0.25, 0.3) is 0 Å². The quantitative estimate of drug-likeness (QED) is 0.746. The highest BCUT2D eigenvalue weighted by molar-refractivity contribution is 5.79. The lowest BCUT2D eigenvalue weighted by Gasteiger charge is -2.18. The monoisotopic (exact) mass is 356 g/mol. The molecule has 0 spiro atoms. The van der Waals surface area contributed by atoms with E-state index < -0.39 is 17.4 Å². The van der Waals surface area contributed by atoms with E-state index in [-0.39, 0.29) is 18.4 Å². The Morgan fingerprint density at radius 2 is 2.20 bits per heavy atom. The molecule has 0 aliphatic carbocycles. The highest BCUT2D eigenvalue weighted by Gasteiger charge is 2.32. The van der Waals surface area contributed by atoms with Gasteiger partial charge in [0.15, 0.2) is 0 Å². The third-order valence-electron chi connectivity index (χ3n) is 3.94. The lowest BCUT2D eigenvalue weighted by molar-refractivity contribution is -0.137. The van der Waals surface area contributed by atoms with E-state index in [2.05, 4.69) is 25.5 Å². The molecule has 0 aromatic carbocycles. The molecule has 0 radical (unpaired) electrons. The molecular formula is C14H15F3N6O2. The number of anilines is 1. The van der Waals surface area contributed by atoms with Crippen LogP contribution >= 0.6 is 0 Å². The van der Waals surface area contributed by atoms with Gasteiger partial charge in [0.25, 0.3) is 0 Å². The zero-order chi connectivity index (χ0) is 18.0. The second kappa shape index (κ2) is 6.57. The van der Waals surface area contributed by atoms with E-state index >= 15 is 0 Å². The van der Waals surface area contributed by atoms with Gasteiger partial charge in [0.2, 0.25) is 5.91 Å². The Morgan fingerprint density at radius 3 is 2.80 bits per heavy atom. The summed E-state index contributed by atoms with van der Waals surface area (Å²) in [6.45, 7) is 0.976. The van der Waals surface area contributed by atoms with Gasteiger partial charge in [0.05, 0.1) is 18.0 Å². The van der Waals surface area contributed by atoms with E-state index in [0.29, 0.717) is 31.2 Å². The molecule has 3 N–H and O–H groups in total. The van der Waals surface area contributed by atoms with Crippen molar-refractivity contribution in [3.63, 3.8) is 0 Å². The summed E-state index contributed by atoms with van der Waals surface area (Å²) in [5.74, 6) is 0.200. The summed E-state index contributed by atoms with van der Waals surface area (Å²) >= 11 is 0. The van der Waals surface area contributed by atoms with Gasteiger partial charge in [-0.3, -0.25) is 9.78 Å². The first-order chi connectivity index (χ1) is 11.8. The van der Waals surface area contributed by atoms with E-state index in [4.69, 9.17) is 0 Å². The second-order valence-corrected chi connectivity index (χ2v) is 5.68. The maximum Gasteiger partial charge on any atom is 0.417 e. The molecule has 3 heterocycles. The van der Waals surface area contributed by atoms with E-state index in [1.807, 2.05) is 0 Å². The third-order valence-corrected chi connectivity index (χ3v) is 3.94. The SMILES string of the molecule is O=C(NCc1n[nH]c(=O)[nH]1)C1CCN(c2ccc(C(F)(F)F)cn2)C1. The molecule has 1 unspecified atom stereocenters. The van der Waals surface area contributed by atoms with Crippen LogP contribution in [0.3, 0.4) is 0 Å². The van der Waals surface area contributed by atoms with Crippen LogP contribution in [0, 0.1) is 5.92 Å². The van der Waals surface area contributed by atoms with Crippen LogP contribution in [0.4, 0.5) is 19.0 Å². The number of hydrogen-bond acceptors (Lipinski definition) is 5. The first-order valence-corrected chi connectivity index (χ1v) is 7.52. The van der Waals surface area contributed by atoms with Crippen LogP contribution in [0.5, 0.6) is 0 Å². The number of halogens is 3.